The van der Waals surface area contributed by atoms with Crippen LogP contribution in [0.15, 0.2) is 42.5 Å². The van der Waals surface area contributed by atoms with Crippen molar-refractivity contribution in [1.82, 2.24) is 21.3 Å². The molecule has 0 unspecified atom stereocenters. The first-order chi connectivity index (χ1) is 14.4. The Kier molecular flexibility index (Phi) is 7.02. The lowest BCUT2D eigenvalue weighted by molar-refractivity contribution is -0.132. The number of hydrogen-bond donors (Lipinski definition) is 5. The van der Waals surface area contributed by atoms with Gasteiger partial charge in [0.2, 0.25) is 17.7 Å². The Labute approximate surface area is 176 Å². The molecule has 6 N–H and O–H groups in total. The third-order valence-electron chi connectivity index (χ3n) is 5.47. The van der Waals surface area contributed by atoms with E-state index in [2.05, 4.69) is 21.3 Å². The van der Waals surface area contributed by atoms with E-state index in [0.717, 1.165) is 16.3 Å². The maximum absolute atomic E-state index is 13.0. The van der Waals surface area contributed by atoms with E-state index >= 15 is 0 Å². The highest BCUT2D eigenvalue weighted by atomic mass is 16.2. The standard InChI is InChI=1S/C22H29N5O3/c1-15(28)25-14-26-20(29)19(27-21(30)22(23)9-11-24-12-10-22)13-17-7-4-6-16-5-2-3-8-18(16)17/h2-8,19,24H,9-14,23H2,1H3,(H,25,28)(H,26,29)(H,27,30)/t19-/m1/s1. The lowest BCUT2D eigenvalue weighted by Crippen LogP contribution is -2.62. The second-order valence-electron chi connectivity index (χ2n) is 7.73. The fourth-order valence-corrected chi connectivity index (χ4v) is 3.68. The van der Waals surface area contributed by atoms with Gasteiger partial charge in [-0.3, -0.25) is 14.4 Å². The second-order valence-corrected chi connectivity index (χ2v) is 7.73. The van der Waals surface area contributed by atoms with Crippen molar-refractivity contribution < 1.29 is 14.4 Å². The van der Waals surface area contributed by atoms with Gasteiger partial charge in [0.25, 0.3) is 0 Å². The van der Waals surface area contributed by atoms with E-state index in [4.69, 9.17) is 5.73 Å². The molecule has 3 amide bonds. The van der Waals surface area contributed by atoms with Gasteiger partial charge < -0.3 is 27.0 Å². The molecule has 0 aromatic heterocycles. The molecule has 0 bridgehead atoms. The van der Waals surface area contributed by atoms with Gasteiger partial charge in [-0.1, -0.05) is 42.5 Å². The maximum atomic E-state index is 13.0. The van der Waals surface area contributed by atoms with E-state index in [9.17, 15) is 14.4 Å². The number of benzene rings is 2. The lowest BCUT2D eigenvalue weighted by atomic mass is 9.88. The third kappa shape index (κ3) is 5.34. The Balaban J connectivity index is 1.80. The molecular weight excluding hydrogens is 382 g/mol. The number of nitrogens with one attached hydrogen (secondary N) is 4. The summed E-state index contributed by atoms with van der Waals surface area (Å²) in [4.78, 5) is 36.9. The maximum Gasteiger partial charge on any atom is 0.244 e. The van der Waals surface area contributed by atoms with Crippen LogP contribution in [-0.4, -0.2) is 49.1 Å². The number of nitrogens with two attached hydrogens (primary N) is 1. The molecule has 1 fully saturated rings. The minimum atomic E-state index is -1.000. The minimum absolute atomic E-state index is 0.00619. The summed E-state index contributed by atoms with van der Waals surface area (Å²) in [5.74, 6) is -0.952. The van der Waals surface area contributed by atoms with Crippen molar-refractivity contribution in [2.45, 2.75) is 37.8 Å². The molecule has 1 heterocycles. The monoisotopic (exact) mass is 411 g/mol. The first kappa shape index (κ1) is 21.7. The number of rotatable bonds is 7. The highest BCUT2D eigenvalue weighted by Gasteiger charge is 2.37. The molecule has 2 aromatic carbocycles. The summed E-state index contributed by atoms with van der Waals surface area (Å²) in [6.07, 6.45) is 1.33. The molecule has 3 rings (SSSR count). The van der Waals surface area contributed by atoms with Crippen LogP contribution < -0.4 is 27.0 Å². The van der Waals surface area contributed by atoms with Crippen LogP contribution in [0.25, 0.3) is 10.8 Å². The van der Waals surface area contributed by atoms with E-state index in [0.29, 0.717) is 32.4 Å². The van der Waals surface area contributed by atoms with E-state index in [-0.39, 0.29) is 24.4 Å². The molecule has 0 saturated carbocycles. The summed E-state index contributed by atoms with van der Waals surface area (Å²) in [6.45, 7) is 2.68. The number of carbonyl (C=O) groups is 3. The van der Waals surface area contributed by atoms with E-state index in [1.807, 2.05) is 42.5 Å². The van der Waals surface area contributed by atoms with Crippen molar-refractivity contribution in [2.75, 3.05) is 19.8 Å². The van der Waals surface area contributed by atoms with Gasteiger partial charge in [-0.05, 0) is 42.3 Å². The zero-order chi connectivity index (χ0) is 21.6. The Hall–Kier alpha value is -2.97. The molecular formula is C22H29N5O3. The Morgan fingerprint density at radius 2 is 1.77 bits per heavy atom. The Bertz CT molecular complexity index is 919. The molecule has 1 aliphatic heterocycles. The van der Waals surface area contributed by atoms with Crippen LogP contribution in [0.5, 0.6) is 0 Å². The van der Waals surface area contributed by atoms with Crippen molar-refractivity contribution in [1.29, 1.82) is 0 Å². The SMILES string of the molecule is CC(=O)NCNC(=O)[C@@H](Cc1cccc2ccccc12)NC(=O)C1(N)CCNCC1. The van der Waals surface area contributed by atoms with E-state index in [1.54, 1.807) is 0 Å². The normalized spacial score (nSPS) is 16.5. The molecule has 1 aliphatic rings. The van der Waals surface area contributed by atoms with Crippen LogP contribution in [0, 0.1) is 0 Å². The molecule has 1 atom stereocenters. The molecule has 0 radical (unpaired) electrons. The third-order valence-corrected chi connectivity index (χ3v) is 5.47. The summed E-state index contributed by atoms with van der Waals surface area (Å²) in [5, 5.41) is 13.3. The van der Waals surface area contributed by atoms with Gasteiger partial charge in [0.1, 0.15) is 6.04 Å². The number of fused-ring (bicyclic) bond motifs is 1. The molecule has 30 heavy (non-hydrogen) atoms. The van der Waals surface area contributed by atoms with E-state index < -0.39 is 11.6 Å². The van der Waals surface area contributed by atoms with Crippen molar-refractivity contribution in [3.8, 4) is 0 Å². The molecule has 1 saturated heterocycles. The van der Waals surface area contributed by atoms with Crippen LogP contribution in [-0.2, 0) is 20.8 Å². The topological polar surface area (TPSA) is 125 Å². The lowest BCUT2D eigenvalue weighted by Gasteiger charge is -2.33. The predicted molar refractivity (Wildman–Crippen MR) is 115 cm³/mol. The summed E-state index contributed by atoms with van der Waals surface area (Å²) >= 11 is 0. The fourth-order valence-electron chi connectivity index (χ4n) is 3.68. The molecule has 160 valence electrons. The van der Waals surface area contributed by atoms with Gasteiger partial charge in [0.05, 0.1) is 12.2 Å². The molecule has 0 spiro atoms. The van der Waals surface area contributed by atoms with Crippen LogP contribution in [0.2, 0.25) is 0 Å². The second kappa shape index (κ2) is 9.69. The number of piperidine rings is 1. The van der Waals surface area contributed by atoms with Gasteiger partial charge >= 0.3 is 0 Å². The van der Waals surface area contributed by atoms with E-state index in [1.165, 1.54) is 6.92 Å². The van der Waals surface area contributed by atoms with Gasteiger partial charge in [0, 0.05) is 13.3 Å². The summed E-state index contributed by atoms with van der Waals surface area (Å²) in [7, 11) is 0. The number of hydrogen-bond acceptors (Lipinski definition) is 5. The zero-order valence-corrected chi connectivity index (χ0v) is 17.2. The average molecular weight is 412 g/mol. The summed E-state index contributed by atoms with van der Waals surface area (Å²) in [6, 6.07) is 13.0. The number of amides is 3. The van der Waals surface area contributed by atoms with Crippen LogP contribution in [0.4, 0.5) is 0 Å². The van der Waals surface area contributed by atoms with Crippen molar-refractivity contribution in [3.63, 3.8) is 0 Å². The summed E-state index contributed by atoms with van der Waals surface area (Å²) in [5.41, 5.74) is 6.28. The summed E-state index contributed by atoms with van der Waals surface area (Å²) < 4.78 is 0. The van der Waals surface area contributed by atoms with Crippen molar-refractivity contribution in [2.24, 2.45) is 5.73 Å². The van der Waals surface area contributed by atoms with Crippen molar-refractivity contribution in [3.05, 3.63) is 48.0 Å². The van der Waals surface area contributed by atoms with Gasteiger partial charge in [-0.25, -0.2) is 0 Å². The largest absolute Gasteiger partial charge is 0.342 e. The van der Waals surface area contributed by atoms with Gasteiger partial charge in [0.15, 0.2) is 0 Å². The Morgan fingerprint density at radius 3 is 2.50 bits per heavy atom. The highest BCUT2D eigenvalue weighted by molar-refractivity contribution is 5.93. The van der Waals surface area contributed by atoms with Crippen LogP contribution in [0.3, 0.4) is 0 Å². The number of carbonyl (C=O) groups excluding carboxylic acids is 3. The van der Waals surface area contributed by atoms with Crippen molar-refractivity contribution >= 4 is 28.5 Å². The van der Waals surface area contributed by atoms with Crippen LogP contribution >= 0.6 is 0 Å². The average Bonchev–Trinajstić information content (AvgIpc) is 2.73. The molecule has 2 aromatic rings. The zero-order valence-electron chi connectivity index (χ0n) is 17.2. The predicted octanol–water partition coefficient (Wildman–Crippen LogP) is 0.158. The fraction of sp³-hybridized carbons (Fsp3) is 0.409. The first-order valence-electron chi connectivity index (χ1n) is 10.2. The molecule has 8 nitrogen and oxygen atoms in total. The highest BCUT2D eigenvalue weighted by Crippen LogP contribution is 2.21. The Morgan fingerprint density at radius 1 is 1.07 bits per heavy atom. The van der Waals surface area contributed by atoms with Crippen LogP contribution in [0.1, 0.15) is 25.3 Å². The van der Waals surface area contributed by atoms with Gasteiger partial charge in [-0.2, -0.15) is 0 Å². The molecule has 8 heteroatoms. The quantitative estimate of drug-likeness (QED) is 0.415. The van der Waals surface area contributed by atoms with Gasteiger partial charge in [-0.15, -0.1) is 0 Å². The molecule has 0 aliphatic carbocycles. The minimum Gasteiger partial charge on any atom is -0.342 e. The smallest absolute Gasteiger partial charge is 0.244 e. The first-order valence-corrected chi connectivity index (χ1v) is 10.2.